The van der Waals surface area contributed by atoms with Crippen LogP contribution in [-0.4, -0.2) is 30.0 Å². The van der Waals surface area contributed by atoms with Crippen molar-refractivity contribution < 1.29 is 9.53 Å². The predicted molar refractivity (Wildman–Crippen MR) is 84.6 cm³/mol. The molecule has 1 aromatic carbocycles. The van der Waals surface area contributed by atoms with Gasteiger partial charge in [0.2, 0.25) is 5.91 Å². The molecule has 0 N–H and O–H groups in total. The largest absolute Gasteiger partial charge is 0.370 e. The number of benzene rings is 1. The average molecular weight is 322 g/mol. The average Bonchev–Trinajstić information content (AvgIpc) is 2.92. The van der Waals surface area contributed by atoms with Gasteiger partial charge >= 0.3 is 0 Å². The van der Waals surface area contributed by atoms with Gasteiger partial charge in [-0.25, -0.2) is 0 Å². The molecule has 0 spiro atoms. The fraction of sp³-hybridized carbons (Fsp3) is 0.312. The van der Waals surface area contributed by atoms with Crippen molar-refractivity contribution in [1.82, 2.24) is 4.90 Å². The van der Waals surface area contributed by atoms with Gasteiger partial charge < -0.3 is 9.64 Å². The second-order valence-electron chi connectivity index (χ2n) is 5.11. The first-order valence-corrected chi connectivity index (χ1v) is 8.12. The van der Waals surface area contributed by atoms with Gasteiger partial charge in [0.1, 0.15) is 0 Å². The molecule has 1 amide bonds. The van der Waals surface area contributed by atoms with Crippen LogP contribution in [0.5, 0.6) is 0 Å². The molecule has 2 heterocycles. The molecule has 0 bridgehead atoms. The Labute approximate surface area is 133 Å². The third kappa shape index (κ3) is 3.84. The predicted octanol–water partition coefficient (Wildman–Crippen LogP) is 3.37. The van der Waals surface area contributed by atoms with Crippen LogP contribution in [0.3, 0.4) is 0 Å². The van der Waals surface area contributed by atoms with E-state index in [-0.39, 0.29) is 12.0 Å². The van der Waals surface area contributed by atoms with E-state index in [0.29, 0.717) is 26.1 Å². The van der Waals surface area contributed by atoms with E-state index < -0.39 is 0 Å². The van der Waals surface area contributed by atoms with Crippen LogP contribution in [0.2, 0.25) is 5.02 Å². The van der Waals surface area contributed by atoms with Gasteiger partial charge in [-0.1, -0.05) is 29.8 Å². The van der Waals surface area contributed by atoms with E-state index in [0.717, 1.165) is 15.5 Å². The van der Waals surface area contributed by atoms with Gasteiger partial charge in [0.25, 0.3) is 0 Å². The fourth-order valence-corrected chi connectivity index (χ4v) is 3.04. The molecule has 3 nitrogen and oxygen atoms in total. The zero-order valence-electron chi connectivity index (χ0n) is 11.5. The van der Waals surface area contributed by atoms with Crippen molar-refractivity contribution in [3.63, 3.8) is 0 Å². The molecule has 0 radical (unpaired) electrons. The van der Waals surface area contributed by atoms with E-state index in [4.69, 9.17) is 16.3 Å². The molecule has 0 saturated carbocycles. The van der Waals surface area contributed by atoms with Crippen molar-refractivity contribution >= 4 is 28.8 Å². The van der Waals surface area contributed by atoms with Crippen LogP contribution < -0.4 is 0 Å². The first-order chi connectivity index (χ1) is 10.2. The van der Waals surface area contributed by atoms with E-state index >= 15 is 0 Å². The quantitative estimate of drug-likeness (QED) is 0.845. The van der Waals surface area contributed by atoms with Gasteiger partial charge in [-0.05, 0) is 29.1 Å². The van der Waals surface area contributed by atoms with Gasteiger partial charge in [0.05, 0.1) is 19.1 Å². The topological polar surface area (TPSA) is 29.5 Å². The van der Waals surface area contributed by atoms with Crippen molar-refractivity contribution in [2.24, 2.45) is 0 Å². The molecule has 1 aliphatic rings. The molecule has 3 rings (SSSR count). The Bertz CT molecular complexity index is 591. The van der Waals surface area contributed by atoms with Gasteiger partial charge in [-0.15, -0.1) is 11.3 Å². The summed E-state index contributed by atoms with van der Waals surface area (Å²) in [5, 5.41) is 2.73. The van der Waals surface area contributed by atoms with Crippen molar-refractivity contribution in [2.45, 2.75) is 19.1 Å². The van der Waals surface area contributed by atoms with Crippen LogP contribution in [0.15, 0.2) is 41.8 Å². The number of carbonyl (C=O) groups is 1. The zero-order chi connectivity index (χ0) is 14.7. The summed E-state index contributed by atoms with van der Waals surface area (Å²) < 4.78 is 5.79. The summed E-state index contributed by atoms with van der Waals surface area (Å²) >= 11 is 7.46. The molecule has 5 heteroatoms. The second kappa shape index (κ2) is 6.60. The summed E-state index contributed by atoms with van der Waals surface area (Å²) in [5.41, 5.74) is 1.10. The second-order valence-corrected chi connectivity index (χ2v) is 6.58. The minimum Gasteiger partial charge on any atom is -0.370 e. The monoisotopic (exact) mass is 321 g/mol. The number of rotatable bonds is 5. The van der Waals surface area contributed by atoms with Crippen LogP contribution in [-0.2, 0) is 22.6 Å². The molecule has 0 atom stereocenters. The van der Waals surface area contributed by atoms with Crippen LogP contribution >= 0.6 is 22.9 Å². The number of likely N-dealkylation sites (tertiary alicyclic amines) is 1. The number of amides is 1. The molecular formula is C16H16ClNO2S. The first-order valence-electron chi connectivity index (χ1n) is 6.87. The number of ether oxygens (including phenoxy) is 1. The standard InChI is InChI=1S/C16H16ClNO2S/c17-13-5-3-12(4-6-13)11-20-14-9-18(10-14)16(19)8-15-2-1-7-21-15/h1-7,14H,8-11H2. The Morgan fingerprint density at radius 3 is 2.71 bits per heavy atom. The van der Waals surface area contributed by atoms with E-state index in [1.807, 2.05) is 46.7 Å². The molecule has 1 saturated heterocycles. The Balaban J connectivity index is 1.39. The normalized spacial score (nSPS) is 15.0. The fourth-order valence-electron chi connectivity index (χ4n) is 2.22. The maximum Gasteiger partial charge on any atom is 0.228 e. The number of hydrogen-bond acceptors (Lipinski definition) is 3. The lowest BCUT2D eigenvalue weighted by molar-refractivity contribution is -0.145. The molecule has 2 aromatic rings. The third-order valence-electron chi connectivity index (χ3n) is 3.51. The molecule has 0 aliphatic carbocycles. The SMILES string of the molecule is O=C(Cc1cccs1)N1CC(OCc2ccc(Cl)cc2)C1. The van der Waals surface area contributed by atoms with Crippen LogP contribution in [0, 0.1) is 0 Å². The van der Waals surface area contributed by atoms with Gasteiger partial charge in [0, 0.05) is 23.0 Å². The number of carbonyl (C=O) groups excluding carboxylic acids is 1. The molecule has 21 heavy (non-hydrogen) atoms. The molecule has 1 aromatic heterocycles. The van der Waals surface area contributed by atoms with Crippen molar-refractivity contribution in [3.8, 4) is 0 Å². The molecular weight excluding hydrogens is 306 g/mol. The smallest absolute Gasteiger partial charge is 0.228 e. The lowest BCUT2D eigenvalue weighted by Crippen LogP contribution is -2.55. The Morgan fingerprint density at radius 1 is 1.29 bits per heavy atom. The number of thiophene rings is 1. The summed E-state index contributed by atoms with van der Waals surface area (Å²) in [5.74, 6) is 0.184. The van der Waals surface area contributed by atoms with Crippen molar-refractivity contribution in [2.75, 3.05) is 13.1 Å². The van der Waals surface area contributed by atoms with E-state index in [1.54, 1.807) is 11.3 Å². The minimum absolute atomic E-state index is 0.146. The number of nitrogens with zero attached hydrogens (tertiary/aromatic N) is 1. The molecule has 1 fully saturated rings. The van der Waals surface area contributed by atoms with E-state index in [2.05, 4.69) is 0 Å². The van der Waals surface area contributed by atoms with Crippen LogP contribution in [0.1, 0.15) is 10.4 Å². The maximum atomic E-state index is 12.0. The Morgan fingerprint density at radius 2 is 2.05 bits per heavy atom. The highest BCUT2D eigenvalue weighted by molar-refractivity contribution is 7.10. The van der Waals surface area contributed by atoms with Gasteiger partial charge in [0.15, 0.2) is 0 Å². The third-order valence-corrected chi connectivity index (χ3v) is 4.63. The van der Waals surface area contributed by atoms with E-state index in [1.165, 1.54) is 0 Å². The number of hydrogen-bond donors (Lipinski definition) is 0. The van der Waals surface area contributed by atoms with Crippen molar-refractivity contribution in [3.05, 3.63) is 57.2 Å². The molecule has 110 valence electrons. The molecule has 1 aliphatic heterocycles. The Kier molecular flexibility index (Phi) is 4.58. The summed E-state index contributed by atoms with van der Waals surface area (Å²) in [6, 6.07) is 11.6. The zero-order valence-corrected chi connectivity index (χ0v) is 13.1. The summed E-state index contributed by atoms with van der Waals surface area (Å²) in [6.07, 6.45) is 0.648. The van der Waals surface area contributed by atoms with Crippen molar-refractivity contribution in [1.29, 1.82) is 0 Å². The highest BCUT2D eigenvalue weighted by Gasteiger charge is 2.31. The summed E-state index contributed by atoms with van der Waals surface area (Å²) in [7, 11) is 0. The first kappa shape index (κ1) is 14.6. The van der Waals surface area contributed by atoms with Crippen LogP contribution in [0.25, 0.3) is 0 Å². The lowest BCUT2D eigenvalue weighted by atomic mass is 10.1. The summed E-state index contributed by atoms with van der Waals surface area (Å²) in [6.45, 7) is 1.95. The lowest BCUT2D eigenvalue weighted by Gasteiger charge is -2.39. The maximum absolute atomic E-state index is 12.0. The van der Waals surface area contributed by atoms with E-state index in [9.17, 15) is 4.79 Å². The van der Waals surface area contributed by atoms with Crippen LogP contribution in [0.4, 0.5) is 0 Å². The highest BCUT2D eigenvalue weighted by Crippen LogP contribution is 2.18. The molecule has 0 unspecified atom stereocenters. The number of halogens is 1. The van der Waals surface area contributed by atoms with Gasteiger partial charge in [-0.2, -0.15) is 0 Å². The summed E-state index contributed by atoms with van der Waals surface area (Å²) in [4.78, 5) is 15.0. The highest BCUT2D eigenvalue weighted by atomic mass is 35.5. The minimum atomic E-state index is 0.146. The van der Waals surface area contributed by atoms with Gasteiger partial charge in [-0.3, -0.25) is 4.79 Å². The Hall–Kier alpha value is -1.36.